The lowest BCUT2D eigenvalue weighted by Gasteiger charge is -2.34. The van der Waals surface area contributed by atoms with E-state index in [1.807, 2.05) is 11.3 Å². The van der Waals surface area contributed by atoms with E-state index in [0.29, 0.717) is 6.04 Å². The molecule has 0 spiro atoms. The molecule has 1 N–H and O–H groups in total. The molecular formula is C18H32N2S. The van der Waals surface area contributed by atoms with Crippen LogP contribution in [0.2, 0.25) is 0 Å². The molecule has 21 heavy (non-hydrogen) atoms. The molecule has 3 unspecified atom stereocenters. The fraction of sp³-hybridized carbons (Fsp3) is 0.833. The second kappa shape index (κ2) is 7.23. The largest absolute Gasteiger partial charge is 0.316 e. The maximum atomic E-state index is 4.88. The van der Waals surface area contributed by atoms with Gasteiger partial charge in [0.05, 0.1) is 10.7 Å². The van der Waals surface area contributed by atoms with Crippen LogP contribution in [0.15, 0.2) is 5.38 Å². The van der Waals surface area contributed by atoms with Crippen LogP contribution in [0.1, 0.15) is 70.5 Å². The Morgan fingerprint density at radius 1 is 1.38 bits per heavy atom. The first-order chi connectivity index (χ1) is 9.94. The van der Waals surface area contributed by atoms with E-state index in [-0.39, 0.29) is 5.41 Å². The van der Waals surface area contributed by atoms with Crippen molar-refractivity contribution in [3.8, 4) is 0 Å². The lowest BCUT2D eigenvalue weighted by Crippen LogP contribution is -2.38. The second-order valence-corrected chi connectivity index (χ2v) is 8.62. The Kier molecular flexibility index (Phi) is 5.84. The monoisotopic (exact) mass is 308 g/mol. The third-order valence-corrected chi connectivity index (χ3v) is 5.93. The molecule has 1 aromatic heterocycles. The van der Waals surface area contributed by atoms with Crippen LogP contribution in [-0.4, -0.2) is 18.1 Å². The summed E-state index contributed by atoms with van der Waals surface area (Å²) in [6, 6.07) is 0.596. The predicted octanol–water partition coefficient (Wildman–Crippen LogP) is 4.79. The Morgan fingerprint density at radius 3 is 2.71 bits per heavy atom. The van der Waals surface area contributed by atoms with Gasteiger partial charge >= 0.3 is 0 Å². The summed E-state index contributed by atoms with van der Waals surface area (Å²) in [7, 11) is 2.12. The summed E-state index contributed by atoms with van der Waals surface area (Å²) in [5, 5.41) is 7.13. The quantitative estimate of drug-likeness (QED) is 0.846. The molecule has 2 nitrogen and oxygen atoms in total. The molecule has 0 amide bonds. The molecule has 1 aromatic rings. The van der Waals surface area contributed by atoms with Gasteiger partial charge < -0.3 is 5.32 Å². The minimum atomic E-state index is 0.169. The molecule has 1 heterocycles. The summed E-state index contributed by atoms with van der Waals surface area (Å²) in [6.07, 6.45) is 8.08. The highest BCUT2D eigenvalue weighted by molar-refractivity contribution is 7.09. The van der Waals surface area contributed by atoms with E-state index in [1.165, 1.54) is 42.8 Å². The lowest BCUT2D eigenvalue weighted by molar-refractivity contribution is 0.212. The Hall–Kier alpha value is -0.410. The maximum Gasteiger partial charge on any atom is 0.0944 e. The summed E-state index contributed by atoms with van der Waals surface area (Å²) in [5.41, 5.74) is 1.41. The molecule has 0 bridgehead atoms. The second-order valence-electron chi connectivity index (χ2n) is 7.68. The number of thiazole rings is 1. The average molecular weight is 309 g/mol. The van der Waals surface area contributed by atoms with E-state index < -0.39 is 0 Å². The molecule has 0 radical (unpaired) electrons. The van der Waals surface area contributed by atoms with E-state index in [1.54, 1.807) is 0 Å². The van der Waals surface area contributed by atoms with Crippen molar-refractivity contribution in [2.24, 2.45) is 11.8 Å². The number of hydrogen-bond acceptors (Lipinski definition) is 3. The van der Waals surface area contributed by atoms with Crippen molar-refractivity contribution in [3.63, 3.8) is 0 Å². The summed E-state index contributed by atoms with van der Waals surface area (Å²) >= 11 is 1.84. The lowest BCUT2D eigenvalue weighted by atomic mass is 9.76. The summed E-state index contributed by atoms with van der Waals surface area (Å²) in [5.74, 6) is 1.77. The van der Waals surface area contributed by atoms with Gasteiger partial charge in [0, 0.05) is 23.3 Å². The zero-order valence-electron chi connectivity index (χ0n) is 14.4. The van der Waals surface area contributed by atoms with Crippen LogP contribution in [0.25, 0.3) is 0 Å². The van der Waals surface area contributed by atoms with Gasteiger partial charge in [-0.15, -0.1) is 11.3 Å². The molecule has 0 aromatic carbocycles. The van der Waals surface area contributed by atoms with Crippen LogP contribution in [0, 0.1) is 11.8 Å². The number of nitrogens with one attached hydrogen (secondary N) is 1. The fourth-order valence-corrected chi connectivity index (χ4v) is 4.59. The number of nitrogens with zero attached hydrogens (tertiary/aromatic N) is 1. The third-order valence-electron chi connectivity index (χ3n) is 5.06. The molecule has 3 heteroatoms. The van der Waals surface area contributed by atoms with E-state index in [9.17, 15) is 0 Å². The topological polar surface area (TPSA) is 24.9 Å². The molecule has 1 saturated carbocycles. The van der Waals surface area contributed by atoms with Crippen LogP contribution in [0.5, 0.6) is 0 Å². The number of aromatic nitrogens is 1. The molecule has 0 saturated heterocycles. The van der Waals surface area contributed by atoms with Crippen LogP contribution in [0.3, 0.4) is 0 Å². The van der Waals surface area contributed by atoms with Crippen molar-refractivity contribution in [2.75, 3.05) is 7.05 Å². The van der Waals surface area contributed by atoms with Crippen molar-refractivity contribution in [1.82, 2.24) is 10.3 Å². The molecular weight excluding hydrogens is 276 g/mol. The van der Waals surface area contributed by atoms with Crippen LogP contribution >= 0.6 is 11.3 Å². The van der Waals surface area contributed by atoms with Gasteiger partial charge in [0.15, 0.2) is 0 Å². The summed E-state index contributed by atoms with van der Waals surface area (Å²) < 4.78 is 0. The van der Waals surface area contributed by atoms with Gasteiger partial charge in [-0.1, -0.05) is 47.0 Å². The van der Waals surface area contributed by atoms with Crippen molar-refractivity contribution in [2.45, 2.75) is 77.7 Å². The Labute approximate surface area is 134 Å². The average Bonchev–Trinajstić information content (AvgIpc) is 2.93. The molecule has 120 valence electrons. The first-order valence-electron chi connectivity index (χ1n) is 8.56. The standard InChI is InChI=1S/C18H32N2S/c1-6-13-8-7-9-14(10-13)15(19-5)11-17-20-16(12-21-17)18(2,3)4/h12-15,19H,6-11H2,1-5H3. The summed E-state index contributed by atoms with van der Waals surface area (Å²) in [6.45, 7) is 9.08. The van der Waals surface area contributed by atoms with Crippen molar-refractivity contribution < 1.29 is 0 Å². The van der Waals surface area contributed by atoms with Gasteiger partial charge in [0.25, 0.3) is 0 Å². The Bertz CT molecular complexity index is 433. The number of hydrogen-bond donors (Lipinski definition) is 1. The van der Waals surface area contributed by atoms with Gasteiger partial charge in [-0.2, -0.15) is 0 Å². The highest BCUT2D eigenvalue weighted by atomic mass is 32.1. The van der Waals surface area contributed by atoms with Crippen LogP contribution < -0.4 is 5.32 Å². The fourth-order valence-electron chi connectivity index (χ4n) is 3.51. The molecule has 2 rings (SSSR count). The van der Waals surface area contributed by atoms with Gasteiger partial charge in [0.1, 0.15) is 0 Å². The van der Waals surface area contributed by atoms with Gasteiger partial charge in [-0.3, -0.25) is 0 Å². The van der Waals surface area contributed by atoms with E-state index in [4.69, 9.17) is 4.98 Å². The molecule has 0 aliphatic heterocycles. The maximum absolute atomic E-state index is 4.88. The zero-order chi connectivity index (χ0) is 15.5. The zero-order valence-corrected chi connectivity index (χ0v) is 15.2. The SMILES string of the molecule is CCC1CCCC(C(Cc2nc(C(C)(C)C)cs2)NC)C1. The normalized spacial score (nSPS) is 25.0. The molecule has 1 aliphatic carbocycles. The molecule has 1 fully saturated rings. The van der Waals surface area contributed by atoms with Crippen molar-refractivity contribution >= 4 is 11.3 Å². The highest BCUT2D eigenvalue weighted by Crippen LogP contribution is 2.34. The van der Waals surface area contributed by atoms with E-state index in [2.05, 4.69) is 45.4 Å². The van der Waals surface area contributed by atoms with E-state index in [0.717, 1.165) is 18.3 Å². The Morgan fingerprint density at radius 2 is 2.14 bits per heavy atom. The smallest absolute Gasteiger partial charge is 0.0944 e. The molecule has 3 atom stereocenters. The van der Waals surface area contributed by atoms with E-state index >= 15 is 0 Å². The first-order valence-corrected chi connectivity index (χ1v) is 9.44. The van der Waals surface area contributed by atoms with Crippen molar-refractivity contribution in [1.29, 1.82) is 0 Å². The first kappa shape index (κ1) is 17.0. The minimum Gasteiger partial charge on any atom is -0.316 e. The minimum absolute atomic E-state index is 0.169. The van der Waals surface area contributed by atoms with Crippen LogP contribution in [0.4, 0.5) is 0 Å². The molecule has 1 aliphatic rings. The summed E-state index contributed by atoms with van der Waals surface area (Å²) in [4.78, 5) is 4.88. The number of likely N-dealkylation sites (N-methyl/N-ethyl adjacent to an activating group) is 1. The third kappa shape index (κ3) is 4.53. The van der Waals surface area contributed by atoms with Gasteiger partial charge in [0.2, 0.25) is 0 Å². The highest BCUT2D eigenvalue weighted by Gasteiger charge is 2.28. The van der Waals surface area contributed by atoms with Crippen molar-refractivity contribution in [3.05, 3.63) is 16.1 Å². The van der Waals surface area contributed by atoms with Gasteiger partial charge in [-0.05, 0) is 31.7 Å². The predicted molar refractivity (Wildman–Crippen MR) is 93.1 cm³/mol. The van der Waals surface area contributed by atoms with Crippen LogP contribution in [-0.2, 0) is 11.8 Å². The Balaban J connectivity index is 2.00. The number of rotatable bonds is 5. The van der Waals surface area contributed by atoms with Gasteiger partial charge in [-0.25, -0.2) is 4.98 Å².